The largest absolute Gasteiger partial charge is 0.479 e. The minimum atomic E-state index is -1.92. The third kappa shape index (κ3) is 40.3. The predicted octanol–water partition coefficient (Wildman–Crippen LogP) is 14.7. The van der Waals surface area contributed by atoms with E-state index in [4.69, 9.17) is 23.7 Å². The fraction of sp³-hybridized carbons (Fsp3) is 0.651. The van der Waals surface area contributed by atoms with Crippen LogP contribution in [0.2, 0.25) is 0 Å². The van der Waals surface area contributed by atoms with Gasteiger partial charge in [0.05, 0.1) is 6.61 Å². The molecule has 12 heteroatoms. The van der Waals surface area contributed by atoms with E-state index in [0.717, 1.165) is 135 Å². The van der Waals surface area contributed by atoms with Gasteiger partial charge < -0.3 is 39.0 Å². The second kappa shape index (κ2) is 50.2. The van der Waals surface area contributed by atoms with Crippen LogP contribution in [0.4, 0.5) is 0 Å². The zero-order valence-corrected chi connectivity index (χ0v) is 46.5. The first-order chi connectivity index (χ1) is 36.6. The molecule has 1 fully saturated rings. The summed E-state index contributed by atoms with van der Waals surface area (Å²) < 4.78 is 28.3. The summed E-state index contributed by atoms with van der Waals surface area (Å²) in [5.41, 5.74) is 0. The Labute approximate surface area is 453 Å². The highest BCUT2D eigenvalue weighted by Crippen LogP contribution is 2.26. The molecule has 0 radical (unpaired) electrons. The maximum Gasteiger partial charge on any atom is 0.335 e. The maximum absolute atomic E-state index is 13.1. The lowest BCUT2D eigenvalue weighted by Crippen LogP contribution is -2.61. The second-order valence-corrected chi connectivity index (χ2v) is 19.2. The number of rotatable bonds is 47. The van der Waals surface area contributed by atoms with Gasteiger partial charge in [-0.05, 0) is 122 Å². The number of aliphatic hydroxyl groups excluding tert-OH is 2. The molecule has 424 valence electrons. The number of carbonyl (C=O) groups is 4. The zero-order chi connectivity index (χ0) is 54.7. The van der Waals surface area contributed by atoms with E-state index >= 15 is 0 Å². The summed E-state index contributed by atoms with van der Waals surface area (Å²) in [4.78, 5) is 51.1. The van der Waals surface area contributed by atoms with Gasteiger partial charge in [0.15, 0.2) is 24.6 Å². The maximum atomic E-state index is 13.1. The number of aliphatic carboxylic acids is 1. The molecule has 6 atom stereocenters. The van der Waals surface area contributed by atoms with Crippen molar-refractivity contribution in [2.75, 3.05) is 13.2 Å². The monoisotopic (exact) mass is 1050 g/mol. The van der Waals surface area contributed by atoms with Crippen LogP contribution < -0.4 is 0 Å². The zero-order valence-electron chi connectivity index (χ0n) is 46.5. The van der Waals surface area contributed by atoms with Crippen molar-refractivity contribution in [2.45, 2.75) is 250 Å². The van der Waals surface area contributed by atoms with Gasteiger partial charge in [-0.25, -0.2) is 4.79 Å². The Hall–Kier alpha value is -4.62. The SMILES string of the molecule is CC/C=C\C/C=C\C/C=C\C/C=C\CCCCCCC(=O)OC1C(OCC(COC(=O)CCCCCCC/C=C\C/C=C\CCCCC)OC(=O)CCCCC/C=C\C/C=C\C/C=C\CC)OC(C(=O)O)C(O)C1O. The Kier molecular flexibility index (Phi) is 45.8. The number of carbonyl (C=O) groups excluding carboxylic acids is 3. The Morgan fingerprint density at radius 1 is 0.453 bits per heavy atom. The minimum Gasteiger partial charge on any atom is -0.479 e. The summed E-state index contributed by atoms with van der Waals surface area (Å²) in [7, 11) is 0. The molecular formula is C63H100O12. The number of carboxylic acid groups (broad SMARTS) is 1. The number of ether oxygens (including phenoxy) is 5. The third-order valence-electron chi connectivity index (χ3n) is 12.3. The summed E-state index contributed by atoms with van der Waals surface area (Å²) in [5.74, 6) is -3.23. The number of hydrogen-bond acceptors (Lipinski definition) is 11. The number of hydrogen-bond donors (Lipinski definition) is 3. The van der Waals surface area contributed by atoms with Gasteiger partial charge in [0, 0.05) is 19.3 Å². The Morgan fingerprint density at radius 3 is 1.29 bits per heavy atom. The third-order valence-corrected chi connectivity index (χ3v) is 12.3. The van der Waals surface area contributed by atoms with Crippen LogP contribution in [-0.4, -0.2) is 89.2 Å². The van der Waals surface area contributed by atoms with Crippen LogP contribution in [-0.2, 0) is 42.9 Å². The van der Waals surface area contributed by atoms with Crippen molar-refractivity contribution >= 4 is 23.9 Å². The van der Waals surface area contributed by atoms with Crippen LogP contribution in [0.25, 0.3) is 0 Å². The molecule has 75 heavy (non-hydrogen) atoms. The van der Waals surface area contributed by atoms with Gasteiger partial charge in [0.2, 0.25) is 0 Å². The minimum absolute atomic E-state index is 0.0219. The van der Waals surface area contributed by atoms with Gasteiger partial charge in [-0.1, -0.05) is 182 Å². The van der Waals surface area contributed by atoms with Crippen LogP contribution in [0.5, 0.6) is 0 Å². The van der Waals surface area contributed by atoms with Crippen molar-refractivity contribution in [1.82, 2.24) is 0 Å². The Morgan fingerprint density at radius 2 is 0.840 bits per heavy atom. The topological polar surface area (TPSA) is 175 Å². The molecule has 0 saturated carbocycles. The summed E-state index contributed by atoms with van der Waals surface area (Å²) in [6, 6.07) is 0. The molecular weight excluding hydrogens is 949 g/mol. The lowest BCUT2D eigenvalue weighted by atomic mass is 9.98. The van der Waals surface area contributed by atoms with Crippen LogP contribution in [0, 0.1) is 0 Å². The fourth-order valence-corrected chi connectivity index (χ4v) is 7.93. The van der Waals surface area contributed by atoms with Crippen molar-refractivity contribution < 1.29 is 58.2 Å². The molecule has 1 aliphatic heterocycles. The molecule has 0 aliphatic carbocycles. The van der Waals surface area contributed by atoms with Gasteiger partial charge in [-0.2, -0.15) is 0 Å². The molecule has 1 heterocycles. The number of aliphatic hydroxyl groups is 2. The molecule has 0 bridgehead atoms. The highest BCUT2D eigenvalue weighted by Gasteiger charge is 2.50. The van der Waals surface area contributed by atoms with Crippen molar-refractivity contribution in [3.05, 3.63) is 109 Å². The molecule has 0 aromatic carbocycles. The summed E-state index contributed by atoms with van der Waals surface area (Å²) in [6.07, 6.45) is 54.9. The molecule has 6 unspecified atom stereocenters. The predicted molar refractivity (Wildman–Crippen MR) is 303 cm³/mol. The first-order valence-corrected chi connectivity index (χ1v) is 28.9. The molecule has 0 aromatic rings. The molecule has 1 rings (SSSR count). The average molecular weight is 1050 g/mol. The first-order valence-electron chi connectivity index (χ1n) is 28.9. The quantitative estimate of drug-likeness (QED) is 0.0228. The van der Waals surface area contributed by atoms with Gasteiger partial charge >= 0.3 is 23.9 Å². The fourth-order valence-electron chi connectivity index (χ4n) is 7.93. The molecule has 1 aliphatic rings. The van der Waals surface area contributed by atoms with Crippen LogP contribution in [0.15, 0.2) is 109 Å². The van der Waals surface area contributed by atoms with E-state index < -0.39 is 67.3 Å². The Bertz CT molecular complexity index is 1720. The van der Waals surface area contributed by atoms with Gasteiger partial charge in [0.25, 0.3) is 0 Å². The lowest BCUT2D eigenvalue weighted by molar-refractivity contribution is -0.301. The van der Waals surface area contributed by atoms with Crippen LogP contribution >= 0.6 is 0 Å². The van der Waals surface area contributed by atoms with E-state index in [-0.39, 0.29) is 25.9 Å². The first kappa shape index (κ1) is 68.4. The molecule has 0 spiro atoms. The van der Waals surface area contributed by atoms with Crippen LogP contribution in [0.1, 0.15) is 213 Å². The van der Waals surface area contributed by atoms with Crippen molar-refractivity contribution in [3.63, 3.8) is 0 Å². The molecule has 1 saturated heterocycles. The Balaban J connectivity index is 2.74. The number of allylic oxidation sites excluding steroid dienone is 18. The van der Waals surface area contributed by atoms with E-state index in [1.807, 2.05) is 0 Å². The standard InChI is InChI=1S/C63H100O12/c1-4-7-10-13-16-19-22-25-27-28-30-33-36-39-42-45-48-51-57(66)74-61-59(68)58(67)60(62(69)70)75-63(61)72-53-54(73-56(65)50-47-44-41-38-35-31-24-21-18-15-12-9-6-3)52-71-55(64)49-46-43-40-37-34-32-29-26-23-20-17-14-11-8-5-2/h7,9-10,12,16-21,25-27,29-31,33,35,54,58-61,63,67-68H,4-6,8,11,13-15,22-24,28,32,34,36-53H2,1-3H3,(H,69,70)/b10-7-,12-9-,19-16-,20-17-,21-18-,27-25-,29-26-,33-30-,35-31-. The smallest absolute Gasteiger partial charge is 0.335 e. The van der Waals surface area contributed by atoms with E-state index in [9.17, 15) is 34.5 Å². The van der Waals surface area contributed by atoms with Gasteiger partial charge in [0.1, 0.15) is 18.8 Å². The van der Waals surface area contributed by atoms with E-state index in [1.54, 1.807) is 0 Å². The summed E-state index contributed by atoms with van der Waals surface area (Å²) >= 11 is 0. The normalized spacial score (nSPS) is 19.0. The second-order valence-electron chi connectivity index (χ2n) is 19.2. The molecule has 3 N–H and O–H groups in total. The van der Waals surface area contributed by atoms with E-state index in [1.165, 1.54) is 19.3 Å². The van der Waals surface area contributed by atoms with E-state index in [0.29, 0.717) is 19.3 Å². The van der Waals surface area contributed by atoms with Crippen LogP contribution in [0.3, 0.4) is 0 Å². The van der Waals surface area contributed by atoms with Gasteiger partial charge in [-0.15, -0.1) is 0 Å². The molecule has 0 amide bonds. The van der Waals surface area contributed by atoms with Crippen molar-refractivity contribution in [2.24, 2.45) is 0 Å². The van der Waals surface area contributed by atoms with Gasteiger partial charge in [-0.3, -0.25) is 14.4 Å². The number of unbranched alkanes of at least 4 members (excludes halogenated alkanes) is 15. The van der Waals surface area contributed by atoms with Crippen molar-refractivity contribution in [3.8, 4) is 0 Å². The van der Waals surface area contributed by atoms with Crippen molar-refractivity contribution in [1.29, 1.82) is 0 Å². The summed E-state index contributed by atoms with van der Waals surface area (Å²) in [6.45, 7) is 5.67. The highest BCUT2D eigenvalue weighted by molar-refractivity contribution is 5.74. The lowest BCUT2D eigenvalue weighted by Gasteiger charge is -2.40. The number of esters is 3. The highest BCUT2D eigenvalue weighted by atomic mass is 16.7. The number of carboxylic acids is 1. The molecule has 0 aromatic heterocycles. The summed E-state index contributed by atoms with van der Waals surface area (Å²) in [5, 5.41) is 31.5. The van der Waals surface area contributed by atoms with E-state index in [2.05, 4.69) is 130 Å². The average Bonchev–Trinajstić information content (AvgIpc) is 3.39. The molecule has 12 nitrogen and oxygen atoms in total.